The van der Waals surface area contributed by atoms with Crippen LogP contribution in [0.3, 0.4) is 0 Å². The van der Waals surface area contributed by atoms with E-state index in [0.717, 1.165) is 29.8 Å². The largest absolute Gasteiger partial charge is 0.452 e. The van der Waals surface area contributed by atoms with Crippen molar-refractivity contribution in [1.82, 2.24) is 0 Å². The number of nitrogens with zero attached hydrogens (tertiary/aromatic N) is 2. The number of hydrogen-bond donors (Lipinski definition) is 1. The van der Waals surface area contributed by atoms with Gasteiger partial charge in [0.05, 0.1) is 24.4 Å². The number of alkyl halides is 1. The Morgan fingerprint density at radius 2 is 2.37 bits per heavy atom. The summed E-state index contributed by atoms with van der Waals surface area (Å²) in [6, 6.07) is 5.62. The van der Waals surface area contributed by atoms with Crippen molar-refractivity contribution in [3.8, 4) is 0 Å². The maximum absolute atomic E-state index is 11.7. The van der Waals surface area contributed by atoms with Crippen LogP contribution in [0, 0.1) is 0 Å². The van der Waals surface area contributed by atoms with Crippen molar-refractivity contribution >= 4 is 34.9 Å². The van der Waals surface area contributed by atoms with E-state index in [1.807, 2.05) is 18.2 Å². The summed E-state index contributed by atoms with van der Waals surface area (Å²) in [5.41, 5.74) is 8.31. The minimum Gasteiger partial charge on any atom is -0.452 e. The average molecular weight is 282 g/mol. The molecule has 5 nitrogen and oxygen atoms in total. The van der Waals surface area contributed by atoms with Crippen LogP contribution in [-0.2, 0) is 11.2 Å². The summed E-state index contributed by atoms with van der Waals surface area (Å²) in [7, 11) is 1.39. The fraction of sp³-hybridized carbons (Fsp3) is 0.385. The van der Waals surface area contributed by atoms with Gasteiger partial charge in [0.25, 0.3) is 0 Å². The predicted molar refractivity (Wildman–Crippen MR) is 76.5 cm³/mol. The highest BCUT2D eigenvalue weighted by Gasteiger charge is 2.23. The second kappa shape index (κ2) is 5.93. The number of methoxy groups -OCH3 is 1. The van der Waals surface area contributed by atoms with Gasteiger partial charge < -0.3 is 10.5 Å². The third kappa shape index (κ3) is 2.98. The number of anilines is 1. The molecule has 1 aromatic rings. The van der Waals surface area contributed by atoms with E-state index in [-0.39, 0.29) is 12.0 Å². The number of carbonyl (C=O) groups excluding carboxylic acids is 1. The van der Waals surface area contributed by atoms with E-state index in [0.29, 0.717) is 12.4 Å². The van der Waals surface area contributed by atoms with Crippen LogP contribution >= 0.6 is 11.6 Å². The van der Waals surface area contributed by atoms with Crippen LogP contribution in [0.2, 0.25) is 0 Å². The molecule has 0 bridgehead atoms. The normalized spacial score (nSPS) is 15.1. The van der Waals surface area contributed by atoms with Crippen LogP contribution in [0.25, 0.3) is 0 Å². The molecular formula is C13H16ClN3O2. The highest BCUT2D eigenvalue weighted by molar-refractivity contribution is 6.28. The molecule has 102 valence electrons. The topological polar surface area (TPSA) is 67.9 Å². The van der Waals surface area contributed by atoms with Gasteiger partial charge in [0.1, 0.15) is 5.84 Å². The Labute approximate surface area is 117 Å². The van der Waals surface area contributed by atoms with Gasteiger partial charge in [-0.1, -0.05) is 0 Å². The quantitative estimate of drug-likeness (QED) is 0.514. The van der Waals surface area contributed by atoms with Gasteiger partial charge in [0.15, 0.2) is 0 Å². The van der Waals surface area contributed by atoms with Gasteiger partial charge in [-0.15, -0.1) is 11.6 Å². The molecule has 1 aliphatic heterocycles. The first kappa shape index (κ1) is 13.7. The summed E-state index contributed by atoms with van der Waals surface area (Å²) in [4.78, 5) is 17.5. The SMILES string of the molecule is COC(=O)N1CCCc2cc(N=C(N)CCl)ccc21. The molecule has 0 aromatic heterocycles. The molecule has 1 heterocycles. The molecule has 0 spiro atoms. The summed E-state index contributed by atoms with van der Waals surface area (Å²) in [6.45, 7) is 0.673. The first-order chi connectivity index (χ1) is 9.15. The molecular weight excluding hydrogens is 266 g/mol. The second-order valence-corrected chi connectivity index (χ2v) is 4.54. The van der Waals surface area contributed by atoms with Crippen LogP contribution in [0.1, 0.15) is 12.0 Å². The van der Waals surface area contributed by atoms with Gasteiger partial charge in [-0.3, -0.25) is 4.90 Å². The Hall–Kier alpha value is -1.75. The molecule has 6 heteroatoms. The van der Waals surface area contributed by atoms with Crippen molar-refractivity contribution in [2.75, 3.05) is 24.4 Å². The molecule has 0 atom stereocenters. The van der Waals surface area contributed by atoms with E-state index in [1.165, 1.54) is 7.11 Å². The number of carbonyl (C=O) groups is 1. The average Bonchev–Trinajstić information content (AvgIpc) is 2.45. The summed E-state index contributed by atoms with van der Waals surface area (Å²) in [6.07, 6.45) is 1.48. The third-order valence-electron chi connectivity index (χ3n) is 2.99. The Balaban J connectivity index is 2.33. The predicted octanol–water partition coefficient (Wildman–Crippen LogP) is 2.43. The number of rotatable bonds is 2. The monoisotopic (exact) mass is 281 g/mol. The van der Waals surface area contributed by atoms with Crippen LogP contribution < -0.4 is 10.6 Å². The number of amides is 1. The maximum atomic E-state index is 11.7. The first-order valence-corrected chi connectivity index (χ1v) is 6.56. The maximum Gasteiger partial charge on any atom is 0.414 e. The van der Waals surface area contributed by atoms with Crippen molar-refractivity contribution in [3.05, 3.63) is 23.8 Å². The molecule has 0 saturated carbocycles. The Bertz CT molecular complexity index is 517. The van der Waals surface area contributed by atoms with Gasteiger partial charge in [0.2, 0.25) is 0 Å². The number of nitrogens with two attached hydrogens (primary N) is 1. The smallest absolute Gasteiger partial charge is 0.414 e. The Morgan fingerprint density at radius 1 is 1.58 bits per heavy atom. The fourth-order valence-corrected chi connectivity index (χ4v) is 2.21. The summed E-state index contributed by atoms with van der Waals surface area (Å²) in [5, 5.41) is 0. The number of aryl methyl sites for hydroxylation is 1. The first-order valence-electron chi connectivity index (χ1n) is 6.03. The number of halogens is 1. The molecule has 0 fully saturated rings. The van der Waals surface area contributed by atoms with Gasteiger partial charge in [0, 0.05) is 6.54 Å². The standard InChI is InChI=1S/C13H16ClN3O2/c1-19-13(18)17-6-2-3-9-7-10(4-5-11(9)17)16-12(15)8-14/h4-5,7H,2-3,6,8H2,1H3,(H2,15,16). The van der Waals surface area contributed by atoms with Crippen molar-refractivity contribution in [3.63, 3.8) is 0 Å². The fourth-order valence-electron chi connectivity index (χ4n) is 2.15. The van der Waals surface area contributed by atoms with Gasteiger partial charge in [-0.2, -0.15) is 0 Å². The minimum atomic E-state index is -0.336. The van der Waals surface area contributed by atoms with Crippen molar-refractivity contribution in [1.29, 1.82) is 0 Å². The summed E-state index contributed by atoms with van der Waals surface area (Å²) >= 11 is 5.60. The van der Waals surface area contributed by atoms with Crippen LogP contribution in [0.15, 0.2) is 23.2 Å². The lowest BCUT2D eigenvalue weighted by molar-refractivity contribution is 0.178. The molecule has 2 N–H and O–H groups in total. The van der Waals surface area contributed by atoms with E-state index >= 15 is 0 Å². The number of aliphatic imine (C=N–C) groups is 1. The zero-order chi connectivity index (χ0) is 13.8. The highest BCUT2D eigenvalue weighted by atomic mass is 35.5. The van der Waals surface area contributed by atoms with Crippen LogP contribution in [0.4, 0.5) is 16.2 Å². The van der Waals surface area contributed by atoms with Gasteiger partial charge in [-0.25, -0.2) is 9.79 Å². The lowest BCUT2D eigenvalue weighted by Gasteiger charge is -2.28. The Morgan fingerprint density at radius 3 is 3.05 bits per heavy atom. The van der Waals surface area contributed by atoms with Gasteiger partial charge in [-0.05, 0) is 36.6 Å². The van der Waals surface area contributed by atoms with Crippen molar-refractivity contribution in [2.24, 2.45) is 10.7 Å². The minimum absolute atomic E-state index is 0.200. The molecule has 19 heavy (non-hydrogen) atoms. The summed E-state index contributed by atoms with van der Waals surface area (Å²) in [5.74, 6) is 0.577. The second-order valence-electron chi connectivity index (χ2n) is 4.28. The highest BCUT2D eigenvalue weighted by Crippen LogP contribution is 2.31. The number of benzene rings is 1. The van der Waals surface area contributed by atoms with E-state index in [9.17, 15) is 4.79 Å². The lowest BCUT2D eigenvalue weighted by atomic mass is 10.0. The molecule has 0 saturated heterocycles. The molecule has 1 amide bonds. The molecule has 2 rings (SSSR count). The summed E-state index contributed by atoms with van der Waals surface area (Å²) < 4.78 is 4.78. The molecule has 0 aliphatic carbocycles. The van der Waals surface area contributed by atoms with E-state index in [2.05, 4.69) is 4.99 Å². The Kier molecular flexibility index (Phi) is 4.27. The number of fused-ring (bicyclic) bond motifs is 1. The molecule has 1 aliphatic rings. The van der Waals surface area contributed by atoms with E-state index in [4.69, 9.17) is 22.1 Å². The molecule has 1 aromatic carbocycles. The zero-order valence-corrected chi connectivity index (χ0v) is 11.5. The van der Waals surface area contributed by atoms with E-state index in [1.54, 1.807) is 4.90 Å². The lowest BCUT2D eigenvalue weighted by Crippen LogP contribution is -2.35. The number of ether oxygens (including phenoxy) is 1. The zero-order valence-electron chi connectivity index (χ0n) is 10.7. The number of amidine groups is 1. The molecule has 0 radical (unpaired) electrons. The van der Waals surface area contributed by atoms with Crippen molar-refractivity contribution < 1.29 is 9.53 Å². The molecule has 0 unspecified atom stereocenters. The van der Waals surface area contributed by atoms with Crippen LogP contribution in [0.5, 0.6) is 0 Å². The number of hydrogen-bond acceptors (Lipinski definition) is 3. The van der Waals surface area contributed by atoms with Crippen molar-refractivity contribution in [2.45, 2.75) is 12.8 Å². The van der Waals surface area contributed by atoms with E-state index < -0.39 is 0 Å². The van der Waals surface area contributed by atoms with Gasteiger partial charge >= 0.3 is 6.09 Å². The third-order valence-corrected chi connectivity index (χ3v) is 3.26. The van der Waals surface area contributed by atoms with Crippen LogP contribution in [-0.4, -0.2) is 31.5 Å².